The van der Waals surface area contributed by atoms with E-state index in [1.54, 1.807) is 18.2 Å². The van der Waals surface area contributed by atoms with Gasteiger partial charge in [0.25, 0.3) is 11.5 Å². The van der Waals surface area contributed by atoms with Gasteiger partial charge in [-0.1, -0.05) is 24.3 Å². The van der Waals surface area contributed by atoms with Gasteiger partial charge in [0, 0.05) is 30.3 Å². The highest BCUT2D eigenvalue weighted by Gasteiger charge is 2.24. The van der Waals surface area contributed by atoms with E-state index in [9.17, 15) is 14.0 Å². The molecule has 1 amide bonds. The summed E-state index contributed by atoms with van der Waals surface area (Å²) in [5.41, 5.74) is 8.11. The van der Waals surface area contributed by atoms with Crippen molar-refractivity contribution in [3.63, 3.8) is 0 Å². The van der Waals surface area contributed by atoms with Crippen molar-refractivity contribution < 1.29 is 9.18 Å². The molecule has 0 atom stereocenters. The Kier molecular flexibility index (Phi) is 5.14. The zero-order chi connectivity index (χ0) is 21.3. The molecular weight excluding hydrogens is 385 g/mol. The van der Waals surface area contributed by atoms with Gasteiger partial charge in [0.1, 0.15) is 5.82 Å². The van der Waals surface area contributed by atoms with Crippen molar-refractivity contribution in [1.29, 1.82) is 5.41 Å². The van der Waals surface area contributed by atoms with E-state index in [0.717, 1.165) is 0 Å². The van der Waals surface area contributed by atoms with Crippen LogP contribution in [0.25, 0.3) is 10.8 Å². The molecule has 0 bridgehead atoms. The van der Waals surface area contributed by atoms with Crippen LogP contribution < -0.4 is 11.3 Å². The molecule has 0 radical (unpaired) electrons. The van der Waals surface area contributed by atoms with Gasteiger partial charge < -0.3 is 16.0 Å². The van der Waals surface area contributed by atoms with Gasteiger partial charge in [-0.2, -0.15) is 5.10 Å². The molecule has 3 aromatic rings. The van der Waals surface area contributed by atoms with Crippen molar-refractivity contribution in [2.24, 2.45) is 5.73 Å². The maximum absolute atomic E-state index is 14.5. The molecule has 2 heterocycles. The molecule has 0 aliphatic carbocycles. The minimum absolute atomic E-state index is 0.0349. The Morgan fingerprint density at radius 1 is 1.27 bits per heavy atom. The number of amides is 1. The van der Waals surface area contributed by atoms with E-state index >= 15 is 0 Å². The Hall–Kier alpha value is -3.81. The Labute approximate surface area is 171 Å². The van der Waals surface area contributed by atoms with E-state index in [2.05, 4.69) is 10.2 Å². The summed E-state index contributed by atoms with van der Waals surface area (Å²) in [6, 6.07) is 11.5. The van der Waals surface area contributed by atoms with Crippen LogP contribution in [-0.2, 0) is 6.42 Å². The fraction of sp³-hybridized carbons (Fsp3) is 0.182. The minimum atomic E-state index is -0.608. The lowest BCUT2D eigenvalue weighted by atomic mass is 10.0. The topological polar surface area (TPSA) is 116 Å². The van der Waals surface area contributed by atoms with E-state index in [0.29, 0.717) is 52.7 Å². The van der Waals surface area contributed by atoms with Gasteiger partial charge in [-0.05, 0) is 35.8 Å². The molecule has 30 heavy (non-hydrogen) atoms. The number of fused-ring (bicyclic) bond motifs is 1. The summed E-state index contributed by atoms with van der Waals surface area (Å²) in [7, 11) is 0. The summed E-state index contributed by atoms with van der Waals surface area (Å²) in [4.78, 5) is 26.4. The number of rotatable bonds is 4. The molecule has 0 fully saturated rings. The fourth-order valence-electron chi connectivity index (χ4n) is 3.66. The van der Waals surface area contributed by atoms with Crippen LogP contribution in [0.15, 0.2) is 58.5 Å². The summed E-state index contributed by atoms with van der Waals surface area (Å²) in [5.74, 6) is -1.05. The third-order valence-electron chi connectivity index (χ3n) is 5.29. The predicted molar refractivity (Wildman–Crippen MR) is 112 cm³/mol. The molecule has 1 aromatic heterocycles. The van der Waals surface area contributed by atoms with Crippen LogP contribution in [0.1, 0.15) is 28.0 Å². The Morgan fingerprint density at radius 3 is 2.77 bits per heavy atom. The Morgan fingerprint density at radius 2 is 2.03 bits per heavy atom. The maximum Gasteiger partial charge on any atom is 0.272 e. The third-order valence-corrected chi connectivity index (χ3v) is 5.29. The van der Waals surface area contributed by atoms with Gasteiger partial charge in [0.2, 0.25) is 0 Å². The van der Waals surface area contributed by atoms with Crippen molar-refractivity contribution >= 4 is 22.9 Å². The van der Waals surface area contributed by atoms with E-state index in [-0.39, 0.29) is 17.7 Å². The second-order valence-corrected chi connectivity index (χ2v) is 7.21. The average Bonchev–Trinajstić information content (AvgIpc) is 2.76. The number of aromatic nitrogens is 2. The van der Waals surface area contributed by atoms with Crippen LogP contribution in [-0.4, -0.2) is 40.3 Å². The molecule has 4 rings (SSSR count). The van der Waals surface area contributed by atoms with Gasteiger partial charge in [-0.3, -0.25) is 9.59 Å². The molecule has 4 N–H and O–H groups in total. The number of nitrogens with zero attached hydrogens (tertiary/aromatic N) is 2. The van der Waals surface area contributed by atoms with E-state index in [1.807, 2.05) is 12.1 Å². The van der Waals surface area contributed by atoms with E-state index < -0.39 is 11.7 Å². The lowest BCUT2D eigenvalue weighted by Crippen LogP contribution is -2.39. The van der Waals surface area contributed by atoms with Gasteiger partial charge in [-0.15, -0.1) is 0 Å². The predicted octanol–water partition coefficient (Wildman–Crippen LogP) is 2.36. The van der Waals surface area contributed by atoms with Crippen molar-refractivity contribution in [2.45, 2.75) is 12.8 Å². The van der Waals surface area contributed by atoms with Crippen LogP contribution in [0.4, 0.5) is 4.39 Å². The number of aromatic amines is 1. The van der Waals surface area contributed by atoms with Crippen molar-refractivity contribution in [3.05, 3.63) is 86.7 Å². The zero-order valence-electron chi connectivity index (χ0n) is 16.1. The highest BCUT2D eigenvalue weighted by Crippen LogP contribution is 2.21. The normalized spacial score (nSPS) is 14.2. The van der Waals surface area contributed by atoms with Gasteiger partial charge in [0.05, 0.1) is 23.2 Å². The second kappa shape index (κ2) is 7.90. The minimum Gasteiger partial charge on any atom is -0.400 e. The molecule has 0 unspecified atom stereocenters. The van der Waals surface area contributed by atoms with Crippen LogP contribution >= 0.6 is 0 Å². The number of hydrogen-bond donors (Lipinski definition) is 3. The van der Waals surface area contributed by atoms with E-state index in [4.69, 9.17) is 11.1 Å². The van der Waals surface area contributed by atoms with Crippen LogP contribution in [0, 0.1) is 11.2 Å². The first-order chi connectivity index (χ1) is 14.5. The second-order valence-electron chi connectivity index (χ2n) is 7.21. The monoisotopic (exact) mass is 405 g/mol. The highest BCUT2D eigenvalue weighted by molar-refractivity contribution is 5.95. The number of carbonyl (C=O) groups is 1. The fourth-order valence-corrected chi connectivity index (χ4v) is 3.66. The first kappa shape index (κ1) is 19.5. The number of benzene rings is 2. The van der Waals surface area contributed by atoms with E-state index in [1.165, 1.54) is 23.2 Å². The number of hydrogen-bond acceptors (Lipinski definition) is 5. The summed E-state index contributed by atoms with van der Waals surface area (Å²) < 4.78 is 14.5. The molecule has 7 nitrogen and oxygen atoms in total. The van der Waals surface area contributed by atoms with Gasteiger partial charge in [-0.25, -0.2) is 9.49 Å². The summed E-state index contributed by atoms with van der Waals surface area (Å²) in [6.07, 6.45) is 1.99. The number of carbonyl (C=O) groups excluding carboxylic acids is 1. The first-order valence-electron chi connectivity index (χ1n) is 9.50. The van der Waals surface area contributed by atoms with Gasteiger partial charge in [0.15, 0.2) is 0 Å². The van der Waals surface area contributed by atoms with Crippen molar-refractivity contribution in [1.82, 2.24) is 15.1 Å². The lowest BCUT2D eigenvalue weighted by Gasteiger charge is -2.28. The number of H-pyrrole nitrogens is 1. The number of nitrogens with two attached hydrogens (primary N) is 1. The molecular formula is C22H20FN5O2. The smallest absolute Gasteiger partial charge is 0.272 e. The summed E-state index contributed by atoms with van der Waals surface area (Å²) in [6.45, 7) is 0.541. The molecule has 1 aliphatic rings. The van der Waals surface area contributed by atoms with Crippen LogP contribution in [0.5, 0.6) is 0 Å². The van der Waals surface area contributed by atoms with Crippen LogP contribution in [0.3, 0.4) is 0 Å². The quantitative estimate of drug-likeness (QED) is 0.578. The molecule has 152 valence electrons. The molecule has 0 saturated heterocycles. The molecule has 2 aromatic carbocycles. The highest BCUT2D eigenvalue weighted by atomic mass is 19.1. The van der Waals surface area contributed by atoms with Crippen molar-refractivity contribution in [2.75, 3.05) is 13.1 Å². The molecule has 8 heteroatoms. The standard InChI is InChI=1S/C22H20FN5O2/c23-18-6-5-13(10-20-15-3-1-2-4-16(15)21(29)27-26-20)9-17(18)22(30)28-8-7-14(11-24)19(25)12-28/h1-6,9,11,24H,7-8,10,12,25H2,(H,27,29). The molecule has 0 spiro atoms. The number of halogens is 1. The Bertz CT molecular complexity index is 1250. The lowest BCUT2D eigenvalue weighted by molar-refractivity contribution is 0.0759. The van der Waals surface area contributed by atoms with Crippen LogP contribution in [0.2, 0.25) is 0 Å². The molecule has 0 saturated carbocycles. The largest absolute Gasteiger partial charge is 0.400 e. The first-order valence-corrected chi connectivity index (χ1v) is 9.50. The van der Waals surface area contributed by atoms with Crippen molar-refractivity contribution in [3.8, 4) is 0 Å². The van der Waals surface area contributed by atoms with Gasteiger partial charge >= 0.3 is 0 Å². The Balaban J connectivity index is 1.64. The number of nitrogens with one attached hydrogen (secondary N) is 2. The average molecular weight is 405 g/mol. The third kappa shape index (κ3) is 3.59. The zero-order valence-corrected chi connectivity index (χ0v) is 16.1. The summed E-state index contributed by atoms with van der Waals surface area (Å²) in [5, 5.41) is 15.2. The summed E-state index contributed by atoms with van der Waals surface area (Å²) >= 11 is 0. The maximum atomic E-state index is 14.5. The molecule has 1 aliphatic heterocycles. The SMILES string of the molecule is N=CC1=C(N)CN(C(=O)c2cc(Cc3n[nH]c(=O)c4ccccc34)ccc2F)CC1.